The van der Waals surface area contributed by atoms with E-state index in [1.54, 1.807) is 17.5 Å². The monoisotopic (exact) mass is 207 g/mol. The molecule has 2 aromatic heterocycles. The van der Waals surface area contributed by atoms with Crippen LogP contribution < -0.4 is 5.73 Å². The Morgan fingerprint density at radius 3 is 2.79 bits per heavy atom. The summed E-state index contributed by atoms with van der Waals surface area (Å²) in [6, 6.07) is -0.110. The average molecular weight is 207 g/mol. The Labute approximate surface area is 87.2 Å². The second kappa shape index (κ2) is 3.55. The quantitative estimate of drug-likeness (QED) is 0.816. The molecule has 0 bridgehead atoms. The number of hydrogen-bond acceptors (Lipinski definition) is 3. The topological polar surface area (TPSA) is 43.8 Å². The van der Waals surface area contributed by atoms with Crippen LogP contribution in [-0.2, 0) is 7.05 Å². The minimum atomic E-state index is -0.110. The second-order valence-corrected chi connectivity index (χ2v) is 4.13. The second-order valence-electron chi connectivity index (χ2n) is 3.38. The molecule has 2 rings (SSSR count). The van der Waals surface area contributed by atoms with Gasteiger partial charge in [-0.05, 0) is 28.8 Å². The van der Waals surface area contributed by atoms with E-state index in [1.807, 2.05) is 17.8 Å². The highest BCUT2D eigenvalue weighted by Crippen LogP contribution is 2.24. The summed E-state index contributed by atoms with van der Waals surface area (Å²) in [6.07, 6.45) is 3.69. The van der Waals surface area contributed by atoms with E-state index in [1.165, 1.54) is 11.1 Å². The molecule has 2 heterocycles. The van der Waals surface area contributed by atoms with Gasteiger partial charge in [0.15, 0.2) is 0 Å². The molecule has 0 aromatic carbocycles. The fourth-order valence-corrected chi connectivity index (χ4v) is 2.39. The molecule has 0 aliphatic rings. The van der Waals surface area contributed by atoms with Crippen molar-refractivity contribution in [1.29, 1.82) is 0 Å². The summed E-state index contributed by atoms with van der Waals surface area (Å²) in [7, 11) is 1.96. The number of rotatable bonds is 2. The fourth-order valence-electron chi connectivity index (χ4n) is 1.50. The standard InChI is InChI=1S/C10H13N3S/c1-7-5-14-6-8(7)9(11)10-12-3-4-13(10)2/h3-6,9H,11H2,1-2H3. The minimum Gasteiger partial charge on any atom is -0.336 e. The third-order valence-corrected chi connectivity index (χ3v) is 3.25. The molecule has 2 N–H and O–H groups in total. The van der Waals surface area contributed by atoms with Gasteiger partial charge in [0.05, 0.1) is 6.04 Å². The van der Waals surface area contributed by atoms with E-state index >= 15 is 0 Å². The number of thiophene rings is 1. The Bertz CT molecular complexity index is 390. The first-order chi connectivity index (χ1) is 6.70. The van der Waals surface area contributed by atoms with Gasteiger partial charge in [0.25, 0.3) is 0 Å². The molecule has 1 atom stereocenters. The van der Waals surface area contributed by atoms with E-state index in [2.05, 4.69) is 22.7 Å². The SMILES string of the molecule is Cc1cscc1C(N)c1nccn1C. The molecule has 4 heteroatoms. The van der Waals surface area contributed by atoms with Crippen LogP contribution in [0.15, 0.2) is 23.2 Å². The zero-order valence-electron chi connectivity index (χ0n) is 8.27. The van der Waals surface area contributed by atoms with Crippen LogP contribution in [0.2, 0.25) is 0 Å². The highest BCUT2D eigenvalue weighted by Gasteiger charge is 2.15. The third kappa shape index (κ3) is 1.47. The van der Waals surface area contributed by atoms with Crippen molar-refractivity contribution in [2.45, 2.75) is 13.0 Å². The zero-order chi connectivity index (χ0) is 10.1. The lowest BCUT2D eigenvalue weighted by Gasteiger charge is -2.11. The van der Waals surface area contributed by atoms with E-state index < -0.39 is 0 Å². The highest BCUT2D eigenvalue weighted by atomic mass is 32.1. The van der Waals surface area contributed by atoms with Gasteiger partial charge in [0.1, 0.15) is 5.82 Å². The van der Waals surface area contributed by atoms with Crippen molar-refractivity contribution < 1.29 is 0 Å². The van der Waals surface area contributed by atoms with Crippen molar-refractivity contribution in [3.63, 3.8) is 0 Å². The maximum atomic E-state index is 6.13. The van der Waals surface area contributed by atoms with E-state index in [0.717, 1.165) is 5.82 Å². The molecular formula is C10H13N3S. The minimum absolute atomic E-state index is 0.110. The van der Waals surface area contributed by atoms with Crippen molar-refractivity contribution in [2.75, 3.05) is 0 Å². The Kier molecular flexibility index (Phi) is 2.39. The molecule has 0 saturated heterocycles. The summed E-state index contributed by atoms with van der Waals surface area (Å²) in [5.41, 5.74) is 8.54. The number of hydrogen-bond donors (Lipinski definition) is 1. The Morgan fingerprint density at radius 1 is 1.50 bits per heavy atom. The molecule has 0 fully saturated rings. The molecule has 0 spiro atoms. The summed E-state index contributed by atoms with van der Waals surface area (Å²) in [6.45, 7) is 2.08. The predicted octanol–water partition coefficient (Wildman–Crippen LogP) is 1.84. The number of nitrogens with two attached hydrogens (primary N) is 1. The average Bonchev–Trinajstić information content (AvgIpc) is 2.73. The lowest BCUT2D eigenvalue weighted by atomic mass is 10.1. The molecule has 0 aliphatic carbocycles. The molecule has 0 saturated carbocycles. The van der Waals surface area contributed by atoms with E-state index in [4.69, 9.17) is 5.73 Å². The van der Waals surface area contributed by atoms with Gasteiger partial charge < -0.3 is 10.3 Å². The van der Waals surface area contributed by atoms with Gasteiger partial charge in [-0.3, -0.25) is 0 Å². The van der Waals surface area contributed by atoms with E-state index in [9.17, 15) is 0 Å². The summed E-state index contributed by atoms with van der Waals surface area (Å²) in [4.78, 5) is 4.26. The molecule has 0 amide bonds. The van der Waals surface area contributed by atoms with Gasteiger partial charge in [-0.2, -0.15) is 11.3 Å². The third-order valence-electron chi connectivity index (χ3n) is 2.37. The zero-order valence-corrected chi connectivity index (χ0v) is 9.08. The molecule has 2 aromatic rings. The molecule has 0 radical (unpaired) electrons. The van der Waals surface area contributed by atoms with Crippen LogP contribution in [0.1, 0.15) is 23.0 Å². The number of aryl methyl sites for hydroxylation is 2. The molecule has 0 aliphatic heterocycles. The summed E-state index contributed by atoms with van der Waals surface area (Å²) >= 11 is 1.68. The van der Waals surface area contributed by atoms with Crippen LogP contribution in [0, 0.1) is 6.92 Å². The predicted molar refractivity (Wildman–Crippen MR) is 58.3 cm³/mol. The number of nitrogens with zero attached hydrogens (tertiary/aromatic N) is 2. The lowest BCUT2D eigenvalue weighted by molar-refractivity contribution is 0.716. The first-order valence-corrected chi connectivity index (χ1v) is 5.40. The van der Waals surface area contributed by atoms with Gasteiger partial charge in [-0.15, -0.1) is 0 Å². The van der Waals surface area contributed by atoms with Gasteiger partial charge in [-0.25, -0.2) is 4.98 Å². The summed E-state index contributed by atoms with van der Waals surface area (Å²) in [5, 5.41) is 4.20. The molecule has 14 heavy (non-hydrogen) atoms. The van der Waals surface area contributed by atoms with Gasteiger partial charge in [0, 0.05) is 19.4 Å². The summed E-state index contributed by atoms with van der Waals surface area (Å²) < 4.78 is 1.96. The van der Waals surface area contributed by atoms with E-state index in [-0.39, 0.29) is 6.04 Å². The maximum absolute atomic E-state index is 6.13. The Balaban J connectivity index is 2.38. The lowest BCUT2D eigenvalue weighted by Crippen LogP contribution is -2.16. The Hall–Kier alpha value is -1.13. The van der Waals surface area contributed by atoms with Crippen LogP contribution in [0.4, 0.5) is 0 Å². The van der Waals surface area contributed by atoms with Crippen LogP contribution in [0.3, 0.4) is 0 Å². The normalized spacial score (nSPS) is 13.1. The fraction of sp³-hybridized carbons (Fsp3) is 0.300. The Morgan fingerprint density at radius 2 is 2.29 bits per heavy atom. The van der Waals surface area contributed by atoms with Crippen LogP contribution in [-0.4, -0.2) is 9.55 Å². The highest BCUT2D eigenvalue weighted by molar-refractivity contribution is 7.08. The number of aromatic nitrogens is 2. The van der Waals surface area contributed by atoms with Crippen LogP contribution >= 0.6 is 11.3 Å². The molecule has 3 nitrogen and oxygen atoms in total. The van der Waals surface area contributed by atoms with Crippen molar-refractivity contribution in [2.24, 2.45) is 12.8 Å². The van der Waals surface area contributed by atoms with Crippen LogP contribution in [0.25, 0.3) is 0 Å². The smallest absolute Gasteiger partial charge is 0.130 e. The largest absolute Gasteiger partial charge is 0.336 e. The summed E-state index contributed by atoms with van der Waals surface area (Å²) in [5.74, 6) is 0.909. The van der Waals surface area contributed by atoms with Gasteiger partial charge in [-0.1, -0.05) is 0 Å². The van der Waals surface area contributed by atoms with Crippen molar-refractivity contribution in [3.8, 4) is 0 Å². The van der Waals surface area contributed by atoms with Gasteiger partial charge in [0.2, 0.25) is 0 Å². The van der Waals surface area contributed by atoms with Crippen LogP contribution in [0.5, 0.6) is 0 Å². The maximum Gasteiger partial charge on any atom is 0.130 e. The molecule has 1 unspecified atom stereocenters. The van der Waals surface area contributed by atoms with E-state index in [0.29, 0.717) is 0 Å². The van der Waals surface area contributed by atoms with Crippen molar-refractivity contribution in [3.05, 3.63) is 40.1 Å². The van der Waals surface area contributed by atoms with Crippen molar-refractivity contribution in [1.82, 2.24) is 9.55 Å². The molecule has 74 valence electrons. The molecular weight excluding hydrogens is 194 g/mol. The first kappa shape index (κ1) is 9.43. The van der Waals surface area contributed by atoms with Gasteiger partial charge >= 0.3 is 0 Å². The van der Waals surface area contributed by atoms with Crippen molar-refractivity contribution >= 4 is 11.3 Å². The first-order valence-electron chi connectivity index (χ1n) is 4.45. The number of imidazole rings is 1.